The summed E-state index contributed by atoms with van der Waals surface area (Å²) < 4.78 is 4.95. The fourth-order valence-corrected chi connectivity index (χ4v) is 1.88. The number of hydrogen-bond donors (Lipinski definition) is 1. The molecule has 0 unspecified atom stereocenters. The minimum absolute atomic E-state index is 0.0606. The summed E-state index contributed by atoms with van der Waals surface area (Å²) in [4.78, 5) is 21.5. The van der Waals surface area contributed by atoms with Gasteiger partial charge in [-0.1, -0.05) is 51.9 Å². The van der Waals surface area contributed by atoms with Crippen LogP contribution >= 0.6 is 0 Å². The van der Waals surface area contributed by atoms with E-state index >= 15 is 0 Å². The Morgan fingerprint density at radius 3 is 2.00 bits per heavy atom. The Morgan fingerprint density at radius 1 is 0.842 bits per heavy atom. The van der Waals surface area contributed by atoms with Gasteiger partial charge in [0.25, 0.3) is 0 Å². The lowest BCUT2D eigenvalue weighted by atomic mass is 10.1. The number of carboxylic acids is 1. The summed E-state index contributed by atoms with van der Waals surface area (Å²) in [5, 5.41) is 8.42. The number of carboxylic acid groups (broad SMARTS) is 1. The Balaban J connectivity index is 3.18. The molecule has 0 saturated carbocycles. The zero-order valence-corrected chi connectivity index (χ0v) is 12.2. The molecule has 0 amide bonds. The summed E-state index contributed by atoms with van der Waals surface area (Å²) in [6.45, 7) is 2.43. The Kier molecular flexibility index (Phi) is 12.6. The van der Waals surface area contributed by atoms with Crippen LogP contribution < -0.4 is 0 Å². The maximum atomic E-state index is 11.3. The largest absolute Gasteiger partial charge is 0.481 e. The van der Waals surface area contributed by atoms with Gasteiger partial charge in [0.05, 0.1) is 6.61 Å². The van der Waals surface area contributed by atoms with Gasteiger partial charge in [-0.15, -0.1) is 0 Å². The highest BCUT2D eigenvalue weighted by Gasteiger charge is 2.03. The number of carbonyl (C=O) groups is 2. The number of esters is 1. The van der Waals surface area contributed by atoms with E-state index in [-0.39, 0.29) is 19.0 Å². The molecule has 0 bridgehead atoms. The van der Waals surface area contributed by atoms with Crippen LogP contribution in [0.15, 0.2) is 0 Å². The molecule has 0 saturated heterocycles. The summed E-state index contributed by atoms with van der Waals surface area (Å²) in [7, 11) is 0. The first-order valence-electron chi connectivity index (χ1n) is 7.54. The lowest BCUT2D eigenvalue weighted by Crippen LogP contribution is -2.07. The summed E-state index contributed by atoms with van der Waals surface area (Å²) in [6.07, 6.45) is 10.5. The van der Waals surface area contributed by atoms with E-state index in [0.717, 1.165) is 12.8 Å². The summed E-state index contributed by atoms with van der Waals surface area (Å²) in [5.41, 5.74) is 0. The van der Waals surface area contributed by atoms with Gasteiger partial charge >= 0.3 is 11.9 Å². The highest BCUT2D eigenvalue weighted by atomic mass is 16.5. The van der Waals surface area contributed by atoms with Crippen LogP contribution in [0.2, 0.25) is 0 Å². The molecule has 0 aromatic heterocycles. The second-order valence-corrected chi connectivity index (χ2v) is 4.94. The van der Waals surface area contributed by atoms with E-state index in [4.69, 9.17) is 9.84 Å². The third kappa shape index (κ3) is 14.9. The van der Waals surface area contributed by atoms with Crippen molar-refractivity contribution in [2.75, 3.05) is 6.61 Å². The number of hydrogen-bond acceptors (Lipinski definition) is 3. The normalized spacial score (nSPS) is 10.4. The molecule has 0 aliphatic heterocycles. The van der Waals surface area contributed by atoms with Gasteiger partial charge < -0.3 is 9.84 Å². The zero-order chi connectivity index (χ0) is 14.3. The van der Waals surface area contributed by atoms with Crippen molar-refractivity contribution >= 4 is 11.9 Å². The van der Waals surface area contributed by atoms with Gasteiger partial charge in [0.2, 0.25) is 0 Å². The third-order valence-corrected chi connectivity index (χ3v) is 3.03. The maximum absolute atomic E-state index is 11.3. The Hall–Kier alpha value is -1.06. The molecule has 0 aromatic rings. The van der Waals surface area contributed by atoms with Crippen molar-refractivity contribution in [3.8, 4) is 0 Å². The van der Waals surface area contributed by atoms with Gasteiger partial charge in [0.1, 0.15) is 0 Å². The Labute approximate surface area is 116 Å². The first-order valence-corrected chi connectivity index (χ1v) is 7.54. The lowest BCUT2D eigenvalue weighted by molar-refractivity contribution is -0.145. The van der Waals surface area contributed by atoms with Crippen LogP contribution in [0, 0.1) is 0 Å². The fraction of sp³-hybridized carbons (Fsp3) is 0.867. The van der Waals surface area contributed by atoms with Crippen molar-refractivity contribution in [3.63, 3.8) is 0 Å². The molecule has 0 aliphatic rings. The van der Waals surface area contributed by atoms with Crippen LogP contribution in [0.5, 0.6) is 0 Å². The predicted molar refractivity (Wildman–Crippen MR) is 75.1 cm³/mol. The zero-order valence-electron chi connectivity index (χ0n) is 12.2. The summed E-state index contributed by atoms with van der Waals surface area (Å²) in [6, 6.07) is 0. The SMILES string of the molecule is CCCCCCCCCCC(=O)OCCCC(=O)O. The van der Waals surface area contributed by atoms with Crippen LogP contribution in [0.1, 0.15) is 77.6 Å². The van der Waals surface area contributed by atoms with Crippen molar-refractivity contribution in [1.82, 2.24) is 0 Å². The molecule has 0 spiro atoms. The molecule has 1 N–H and O–H groups in total. The van der Waals surface area contributed by atoms with E-state index in [9.17, 15) is 9.59 Å². The van der Waals surface area contributed by atoms with E-state index in [2.05, 4.69) is 6.92 Å². The number of ether oxygens (including phenoxy) is 1. The van der Waals surface area contributed by atoms with Gasteiger partial charge in [-0.05, 0) is 12.8 Å². The van der Waals surface area contributed by atoms with Crippen LogP contribution in [-0.4, -0.2) is 23.7 Å². The molecule has 0 atom stereocenters. The van der Waals surface area contributed by atoms with Crippen LogP contribution in [0.3, 0.4) is 0 Å². The van der Waals surface area contributed by atoms with E-state index in [0.29, 0.717) is 12.8 Å². The predicted octanol–water partition coefficient (Wildman–Crippen LogP) is 3.93. The summed E-state index contributed by atoms with van der Waals surface area (Å²) in [5.74, 6) is -1.05. The van der Waals surface area contributed by atoms with Crippen molar-refractivity contribution in [2.24, 2.45) is 0 Å². The highest BCUT2D eigenvalue weighted by Crippen LogP contribution is 2.09. The quantitative estimate of drug-likeness (QED) is 0.407. The molecule has 0 heterocycles. The first-order chi connectivity index (χ1) is 9.16. The average Bonchev–Trinajstić information content (AvgIpc) is 2.37. The number of aliphatic carboxylic acids is 1. The molecule has 19 heavy (non-hydrogen) atoms. The van der Waals surface area contributed by atoms with E-state index < -0.39 is 5.97 Å². The number of carbonyl (C=O) groups excluding carboxylic acids is 1. The monoisotopic (exact) mass is 272 g/mol. The Bertz CT molecular complexity index is 238. The minimum atomic E-state index is -0.848. The van der Waals surface area contributed by atoms with Gasteiger partial charge in [-0.25, -0.2) is 0 Å². The van der Waals surface area contributed by atoms with Crippen molar-refractivity contribution in [1.29, 1.82) is 0 Å². The fourth-order valence-electron chi connectivity index (χ4n) is 1.88. The molecular formula is C15H28O4. The minimum Gasteiger partial charge on any atom is -0.481 e. The lowest BCUT2D eigenvalue weighted by Gasteiger charge is -2.04. The molecular weight excluding hydrogens is 244 g/mol. The highest BCUT2D eigenvalue weighted by molar-refractivity contribution is 5.69. The average molecular weight is 272 g/mol. The second kappa shape index (κ2) is 13.4. The number of rotatable bonds is 13. The standard InChI is InChI=1S/C15H28O4/c1-2-3-4-5-6-7-8-9-12-15(18)19-13-10-11-14(16)17/h2-13H2,1H3,(H,16,17). The molecule has 0 radical (unpaired) electrons. The topological polar surface area (TPSA) is 63.6 Å². The van der Waals surface area contributed by atoms with E-state index in [1.165, 1.54) is 38.5 Å². The molecule has 4 nitrogen and oxygen atoms in total. The second-order valence-electron chi connectivity index (χ2n) is 4.94. The maximum Gasteiger partial charge on any atom is 0.305 e. The molecule has 0 aromatic carbocycles. The van der Waals surface area contributed by atoms with Gasteiger partial charge in [-0.3, -0.25) is 9.59 Å². The molecule has 0 fully saturated rings. The van der Waals surface area contributed by atoms with Crippen molar-refractivity contribution in [3.05, 3.63) is 0 Å². The van der Waals surface area contributed by atoms with Gasteiger partial charge in [-0.2, -0.15) is 0 Å². The van der Waals surface area contributed by atoms with Crippen LogP contribution in [0.25, 0.3) is 0 Å². The van der Waals surface area contributed by atoms with E-state index in [1.54, 1.807) is 0 Å². The Morgan fingerprint density at radius 2 is 1.42 bits per heavy atom. The van der Waals surface area contributed by atoms with Crippen molar-refractivity contribution < 1.29 is 19.4 Å². The molecule has 0 aliphatic carbocycles. The van der Waals surface area contributed by atoms with E-state index in [1.807, 2.05) is 0 Å². The third-order valence-electron chi connectivity index (χ3n) is 3.03. The molecule has 112 valence electrons. The first kappa shape index (κ1) is 17.9. The van der Waals surface area contributed by atoms with Gasteiger partial charge in [0, 0.05) is 12.8 Å². The number of unbranched alkanes of at least 4 members (excludes halogenated alkanes) is 7. The van der Waals surface area contributed by atoms with Crippen LogP contribution in [0.4, 0.5) is 0 Å². The summed E-state index contributed by atoms with van der Waals surface area (Å²) >= 11 is 0. The smallest absolute Gasteiger partial charge is 0.305 e. The van der Waals surface area contributed by atoms with Gasteiger partial charge in [0.15, 0.2) is 0 Å². The molecule has 4 heteroatoms. The van der Waals surface area contributed by atoms with Crippen LogP contribution in [-0.2, 0) is 14.3 Å². The van der Waals surface area contributed by atoms with Crippen molar-refractivity contribution in [2.45, 2.75) is 77.6 Å². The molecule has 0 rings (SSSR count).